The summed E-state index contributed by atoms with van der Waals surface area (Å²) in [5, 5.41) is 37.6. The van der Waals surface area contributed by atoms with Crippen LogP contribution in [-0.2, 0) is 23.8 Å². The number of benzene rings is 3. The van der Waals surface area contributed by atoms with Gasteiger partial charge in [0, 0.05) is 86.0 Å². The average Bonchev–Trinajstić information content (AvgIpc) is 3.41. The van der Waals surface area contributed by atoms with Gasteiger partial charge in [-0.3, -0.25) is 19.2 Å². The summed E-state index contributed by atoms with van der Waals surface area (Å²) in [5.41, 5.74) is 0.859. The molecule has 15 nitrogen and oxygen atoms in total. The molecule has 342 valence electrons. The van der Waals surface area contributed by atoms with Crippen LogP contribution >= 0.6 is 0 Å². The Morgan fingerprint density at radius 2 is 1.66 bits per heavy atom. The molecular formula is C49H59N3O12. The number of nitrogens with zero attached hydrogens (tertiary/aromatic N) is 2. The molecule has 1 fully saturated rings. The van der Waals surface area contributed by atoms with Crippen LogP contribution in [0.4, 0.5) is 11.4 Å². The van der Waals surface area contributed by atoms with Gasteiger partial charge in [-0.15, -0.1) is 0 Å². The number of Topliss-reactive ketones (excluding diaryl/α,β-unsaturated/α-hetero) is 1. The largest absolute Gasteiger partial charge is 0.505 e. The third kappa shape index (κ3) is 8.48. The van der Waals surface area contributed by atoms with Gasteiger partial charge < -0.3 is 48.9 Å². The van der Waals surface area contributed by atoms with E-state index in [0.717, 1.165) is 44.5 Å². The van der Waals surface area contributed by atoms with Crippen molar-refractivity contribution in [1.29, 1.82) is 0 Å². The lowest BCUT2D eigenvalue weighted by Gasteiger charge is -2.38. The fraction of sp³-hybridized carbons (Fsp3) is 0.490. The van der Waals surface area contributed by atoms with Crippen LogP contribution < -0.4 is 20.4 Å². The zero-order valence-electron chi connectivity index (χ0n) is 37.9. The zero-order chi connectivity index (χ0) is 46.4. The molecule has 0 saturated carbocycles. The lowest BCUT2D eigenvalue weighted by atomic mass is 9.78. The number of methoxy groups -OCH3 is 1. The van der Waals surface area contributed by atoms with Crippen molar-refractivity contribution in [2.75, 3.05) is 30.4 Å². The fourth-order valence-corrected chi connectivity index (χ4v) is 9.32. The van der Waals surface area contributed by atoms with E-state index in [0.29, 0.717) is 11.1 Å². The number of nitrogens with one attached hydrogen (secondary N) is 1. The predicted octanol–water partition coefficient (Wildman–Crippen LogP) is 7.38. The number of aliphatic hydroxyl groups excluding tert-OH is 2. The monoisotopic (exact) mass is 881 g/mol. The van der Waals surface area contributed by atoms with Crippen molar-refractivity contribution in [2.24, 2.45) is 23.7 Å². The molecule has 4 N–H and O–H groups in total. The molecule has 3 aromatic carbocycles. The number of ether oxygens (including phenoxy) is 4. The van der Waals surface area contributed by atoms with Crippen molar-refractivity contribution in [3.05, 3.63) is 75.7 Å². The Bertz CT molecular complexity index is 2640. The van der Waals surface area contributed by atoms with E-state index in [-0.39, 0.29) is 50.0 Å². The number of anilines is 2. The smallest absolute Gasteiger partial charge is 0.312 e. The Hall–Kier alpha value is -5.77. The SMILES string of the molecule is CO[C@H]1/C=C/O[C@@]2(C)Oc3c(C)c(=O)c4c(O)c(c5oc6cc(N7CCCCCC7)ccc6nc5c4c3C2=O)NC(=O)/C(C)=C\C=C\[C@H](C)[C@H](O)[C@@H](C)[C@@H](O)[C@@H](C)[C@H](OC(C)=O)[C@@H]1C. The topological polar surface area (TPSA) is 207 Å². The Labute approximate surface area is 371 Å². The van der Waals surface area contributed by atoms with E-state index in [9.17, 15) is 34.5 Å². The molecule has 9 atom stereocenters. The number of fused-ring (bicyclic) bond motifs is 2. The van der Waals surface area contributed by atoms with Gasteiger partial charge in [-0.05, 0) is 44.9 Å². The Balaban J connectivity index is 1.44. The van der Waals surface area contributed by atoms with Crippen LogP contribution in [-0.4, -0.2) is 88.4 Å². The van der Waals surface area contributed by atoms with Crippen molar-refractivity contribution < 1.29 is 53.1 Å². The first-order chi connectivity index (χ1) is 30.4. The molecule has 1 saturated heterocycles. The van der Waals surface area contributed by atoms with E-state index >= 15 is 0 Å². The molecule has 4 aromatic rings. The van der Waals surface area contributed by atoms with Crippen LogP contribution in [0.25, 0.3) is 33.0 Å². The highest BCUT2D eigenvalue weighted by Crippen LogP contribution is 2.48. The molecule has 0 spiro atoms. The third-order valence-electron chi connectivity index (χ3n) is 13.3. The summed E-state index contributed by atoms with van der Waals surface area (Å²) in [4.78, 5) is 62.8. The number of phenols is 1. The van der Waals surface area contributed by atoms with Gasteiger partial charge >= 0.3 is 11.8 Å². The second-order valence-electron chi connectivity index (χ2n) is 17.8. The van der Waals surface area contributed by atoms with E-state index in [2.05, 4.69) is 10.2 Å². The first-order valence-electron chi connectivity index (χ1n) is 22.0. The minimum atomic E-state index is -2.03. The standard InChI is InChI=1S/C49H59N3O12/c1-24-15-14-16-25(2)48(59)51-39-43(57)36-35(38-46(39)63-34-23-31(17-18-32(34)50-38)52-20-12-10-11-13-21-52)37-45(29(6)42(36)56)64-49(8,47(37)58)61-22-19-33(60-9)26(3)44(62-30(7)53)28(5)41(55)27(4)40(24)54/h14-19,22-24,26-28,33,40-41,44,54-55,57H,10-13,20-21H2,1-9H3,(H,51,59)/b15-14+,22-19+,25-16-/t24-,26+,27+,28+,33-,40-,41+,44+,49-/m0/s1. The van der Waals surface area contributed by atoms with Gasteiger partial charge in [-0.2, -0.15) is 0 Å². The Morgan fingerprint density at radius 1 is 0.953 bits per heavy atom. The number of phenolic OH excluding ortho intramolecular Hbond substituents is 1. The van der Waals surface area contributed by atoms with Crippen LogP contribution in [0.5, 0.6) is 11.5 Å². The van der Waals surface area contributed by atoms with E-state index in [1.807, 2.05) is 12.1 Å². The van der Waals surface area contributed by atoms with Crippen molar-refractivity contribution in [1.82, 2.24) is 4.98 Å². The third-order valence-corrected chi connectivity index (χ3v) is 13.3. The van der Waals surface area contributed by atoms with Crippen molar-refractivity contribution in [2.45, 2.75) is 111 Å². The first kappa shape index (κ1) is 46.2. The quantitative estimate of drug-likeness (QED) is 0.0686. The van der Waals surface area contributed by atoms with Crippen LogP contribution in [0.15, 0.2) is 63.6 Å². The predicted molar refractivity (Wildman–Crippen MR) is 243 cm³/mol. The number of aromatic nitrogens is 1. The Kier molecular flexibility index (Phi) is 13.3. The normalized spacial score (nSPS) is 30.4. The van der Waals surface area contributed by atoms with E-state index < -0.39 is 82.7 Å². The lowest BCUT2D eigenvalue weighted by Crippen LogP contribution is -2.46. The summed E-state index contributed by atoms with van der Waals surface area (Å²) in [5.74, 6) is -7.09. The number of hydrogen-bond acceptors (Lipinski definition) is 14. The maximum absolute atomic E-state index is 14.8. The highest BCUT2D eigenvalue weighted by atomic mass is 16.7. The number of hydrogen-bond donors (Lipinski definition) is 4. The number of aromatic hydroxyl groups is 1. The van der Waals surface area contributed by atoms with Crippen LogP contribution in [0.2, 0.25) is 0 Å². The molecule has 7 rings (SSSR count). The van der Waals surface area contributed by atoms with Gasteiger partial charge in [-0.1, -0.05) is 58.8 Å². The summed E-state index contributed by atoms with van der Waals surface area (Å²) in [6.45, 7) is 14.4. The van der Waals surface area contributed by atoms with E-state index in [1.165, 1.54) is 46.3 Å². The minimum absolute atomic E-state index is 0.0105. The van der Waals surface area contributed by atoms with Gasteiger partial charge in [-0.25, -0.2) is 4.98 Å². The molecule has 0 radical (unpaired) electrons. The van der Waals surface area contributed by atoms with Crippen LogP contribution in [0.1, 0.15) is 90.1 Å². The molecule has 0 aliphatic carbocycles. The van der Waals surface area contributed by atoms with Gasteiger partial charge in [0.05, 0.1) is 35.5 Å². The van der Waals surface area contributed by atoms with Gasteiger partial charge in [0.25, 0.3) is 11.7 Å². The molecule has 1 amide bonds. The number of amides is 1. The number of aliphatic hydroxyl groups is 2. The molecule has 3 aliphatic rings. The summed E-state index contributed by atoms with van der Waals surface area (Å²) in [6, 6.07) is 5.61. The number of carbonyl (C=O) groups excluding carboxylic acids is 3. The maximum Gasteiger partial charge on any atom is 0.312 e. The van der Waals surface area contributed by atoms with Gasteiger partial charge in [0.2, 0.25) is 0 Å². The van der Waals surface area contributed by atoms with E-state index in [4.69, 9.17) is 28.3 Å². The summed E-state index contributed by atoms with van der Waals surface area (Å²) >= 11 is 0. The number of carbonyl (C=O) groups is 3. The second kappa shape index (κ2) is 18.4. The first-order valence-corrected chi connectivity index (χ1v) is 22.0. The Morgan fingerprint density at radius 3 is 2.33 bits per heavy atom. The van der Waals surface area contributed by atoms with Crippen LogP contribution in [0.3, 0.4) is 0 Å². The number of allylic oxidation sites excluding steroid dienone is 2. The summed E-state index contributed by atoms with van der Waals surface area (Å²) in [6.07, 6.45) is 8.10. The van der Waals surface area contributed by atoms with Gasteiger partial charge in [0.1, 0.15) is 28.6 Å². The highest BCUT2D eigenvalue weighted by molar-refractivity contribution is 6.26. The highest BCUT2D eigenvalue weighted by Gasteiger charge is 2.49. The molecular weight excluding hydrogens is 823 g/mol. The molecule has 4 heterocycles. The number of ketones is 1. The van der Waals surface area contributed by atoms with Crippen molar-refractivity contribution in [3.63, 3.8) is 0 Å². The van der Waals surface area contributed by atoms with Crippen LogP contribution in [0, 0.1) is 30.6 Å². The number of esters is 1. The van der Waals surface area contributed by atoms with E-state index in [1.54, 1.807) is 52.8 Å². The molecule has 0 unspecified atom stereocenters. The zero-order valence-corrected chi connectivity index (χ0v) is 37.9. The second-order valence-corrected chi connectivity index (χ2v) is 17.8. The summed E-state index contributed by atoms with van der Waals surface area (Å²) < 4.78 is 30.5. The summed E-state index contributed by atoms with van der Waals surface area (Å²) in [7, 11) is 1.45. The number of rotatable bonds is 3. The molecule has 15 heteroatoms. The fourth-order valence-electron chi connectivity index (χ4n) is 9.32. The molecule has 4 bridgehead atoms. The minimum Gasteiger partial charge on any atom is -0.505 e. The van der Waals surface area contributed by atoms with Crippen molar-refractivity contribution >= 4 is 62.0 Å². The molecule has 3 aliphatic heterocycles. The molecule has 1 aromatic heterocycles. The average molecular weight is 882 g/mol. The van der Waals surface area contributed by atoms with Crippen molar-refractivity contribution in [3.8, 4) is 11.5 Å². The lowest BCUT2D eigenvalue weighted by molar-refractivity contribution is -0.160. The van der Waals surface area contributed by atoms with Gasteiger partial charge in [0.15, 0.2) is 22.3 Å². The maximum atomic E-state index is 14.8. The molecule has 64 heavy (non-hydrogen) atoms.